The van der Waals surface area contributed by atoms with Crippen molar-refractivity contribution in [2.75, 3.05) is 20.3 Å². The molecule has 1 aromatic carbocycles. The van der Waals surface area contributed by atoms with Gasteiger partial charge in [-0.25, -0.2) is 0 Å². The van der Waals surface area contributed by atoms with Gasteiger partial charge in [0.2, 0.25) is 8.32 Å². The van der Waals surface area contributed by atoms with Gasteiger partial charge >= 0.3 is 0 Å². The Hall–Kier alpha value is -1.04. The molecule has 0 aliphatic heterocycles. The van der Waals surface area contributed by atoms with Crippen LogP contribution in [0.1, 0.15) is 5.56 Å². The molecule has 1 aromatic rings. The molecule has 108 valence electrons. The van der Waals surface area contributed by atoms with Crippen LogP contribution in [-0.4, -0.2) is 33.7 Å². The van der Waals surface area contributed by atoms with E-state index in [4.69, 9.17) is 14.9 Å². The second-order valence-electron chi connectivity index (χ2n) is 5.69. The van der Waals surface area contributed by atoms with Crippen molar-refractivity contribution in [3.8, 4) is 11.5 Å². The first-order valence-corrected chi connectivity index (χ1v) is 9.97. The Morgan fingerprint density at radius 1 is 1.26 bits per heavy atom. The summed E-state index contributed by atoms with van der Waals surface area (Å²) < 4.78 is 11.4. The van der Waals surface area contributed by atoms with Gasteiger partial charge in [-0.05, 0) is 56.2 Å². The van der Waals surface area contributed by atoms with E-state index < -0.39 is 8.32 Å². The number of aliphatic hydroxyl groups is 1. The van der Waals surface area contributed by atoms with Crippen LogP contribution < -0.4 is 14.9 Å². The summed E-state index contributed by atoms with van der Waals surface area (Å²) in [5.41, 5.74) is 6.73. The number of rotatable bonds is 7. The average Bonchev–Trinajstić information content (AvgIpc) is 2.34. The van der Waals surface area contributed by atoms with Crippen molar-refractivity contribution in [1.29, 1.82) is 0 Å². The lowest BCUT2D eigenvalue weighted by molar-refractivity contribution is 0.229. The molecule has 5 heteroatoms. The predicted molar refractivity (Wildman–Crippen MR) is 80.3 cm³/mol. The number of nitrogens with two attached hydrogens (primary N) is 1. The van der Waals surface area contributed by atoms with E-state index in [-0.39, 0.29) is 12.5 Å². The van der Waals surface area contributed by atoms with Gasteiger partial charge in [0.25, 0.3) is 0 Å². The Morgan fingerprint density at radius 2 is 1.95 bits per heavy atom. The molecule has 0 radical (unpaired) electrons. The Balaban J connectivity index is 2.94. The predicted octanol–water partition coefficient (Wildman–Crippen LogP) is 2.02. The summed E-state index contributed by atoms with van der Waals surface area (Å²) in [4.78, 5) is 0. The molecule has 0 heterocycles. The number of benzene rings is 1. The fourth-order valence-corrected chi connectivity index (χ4v) is 2.63. The standard InChI is InChI=1S/C14H25NO3Si/c1-17-13-6-5-11(7-12(9-15)10-16)8-14(13)18-19(2,3)4/h5-6,8,12,16H,7,9-10,15H2,1-4H3. The number of aliphatic hydroxyl groups excluding tert-OH is 1. The molecule has 4 nitrogen and oxygen atoms in total. The maximum absolute atomic E-state index is 9.21. The minimum atomic E-state index is -1.68. The fourth-order valence-electron chi connectivity index (χ4n) is 1.81. The Labute approximate surface area is 116 Å². The third-order valence-electron chi connectivity index (χ3n) is 2.76. The van der Waals surface area contributed by atoms with E-state index in [1.54, 1.807) is 7.11 Å². The van der Waals surface area contributed by atoms with Gasteiger partial charge in [-0.1, -0.05) is 6.07 Å². The van der Waals surface area contributed by atoms with Crippen molar-refractivity contribution < 1.29 is 14.3 Å². The zero-order valence-corrected chi connectivity index (χ0v) is 13.3. The van der Waals surface area contributed by atoms with E-state index in [9.17, 15) is 5.11 Å². The highest BCUT2D eigenvalue weighted by Crippen LogP contribution is 2.31. The smallest absolute Gasteiger partial charge is 0.242 e. The lowest BCUT2D eigenvalue weighted by Gasteiger charge is -2.22. The summed E-state index contributed by atoms with van der Waals surface area (Å²) in [6.45, 7) is 6.99. The van der Waals surface area contributed by atoms with Gasteiger partial charge in [-0.15, -0.1) is 0 Å². The van der Waals surface area contributed by atoms with Crippen LogP contribution in [0, 0.1) is 5.92 Å². The highest BCUT2D eigenvalue weighted by molar-refractivity contribution is 6.70. The molecule has 19 heavy (non-hydrogen) atoms. The summed E-state index contributed by atoms with van der Waals surface area (Å²) >= 11 is 0. The Bertz CT molecular complexity index is 400. The maximum atomic E-state index is 9.21. The summed E-state index contributed by atoms with van der Waals surface area (Å²) in [5.74, 6) is 1.63. The van der Waals surface area contributed by atoms with Crippen molar-refractivity contribution in [2.24, 2.45) is 11.7 Å². The van der Waals surface area contributed by atoms with E-state index >= 15 is 0 Å². The van der Waals surface area contributed by atoms with Crippen molar-refractivity contribution >= 4 is 8.32 Å². The maximum Gasteiger partial charge on any atom is 0.242 e. The van der Waals surface area contributed by atoms with E-state index in [2.05, 4.69) is 19.6 Å². The van der Waals surface area contributed by atoms with Crippen molar-refractivity contribution in [3.05, 3.63) is 23.8 Å². The largest absolute Gasteiger partial charge is 0.542 e. The lowest BCUT2D eigenvalue weighted by atomic mass is 10.00. The van der Waals surface area contributed by atoms with Crippen molar-refractivity contribution in [1.82, 2.24) is 0 Å². The molecule has 0 saturated carbocycles. The molecule has 1 unspecified atom stereocenters. The molecule has 0 fully saturated rings. The molecule has 0 aliphatic rings. The van der Waals surface area contributed by atoms with Crippen LogP contribution in [0.3, 0.4) is 0 Å². The molecule has 0 spiro atoms. The van der Waals surface area contributed by atoms with Gasteiger partial charge in [-0.3, -0.25) is 0 Å². The van der Waals surface area contributed by atoms with Crippen LogP contribution >= 0.6 is 0 Å². The SMILES string of the molecule is COc1ccc(CC(CN)CO)cc1O[Si](C)(C)C. The Kier molecular flexibility index (Phi) is 5.84. The second kappa shape index (κ2) is 6.93. The highest BCUT2D eigenvalue weighted by Gasteiger charge is 2.19. The van der Waals surface area contributed by atoms with Crippen LogP contribution in [-0.2, 0) is 6.42 Å². The zero-order valence-electron chi connectivity index (χ0n) is 12.3. The number of hydrogen-bond acceptors (Lipinski definition) is 4. The van der Waals surface area contributed by atoms with Crippen LogP contribution in [0.5, 0.6) is 11.5 Å². The normalized spacial score (nSPS) is 13.2. The Morgan fingerprint density at radius 3 is 2.42 bits per heavy atom. The molecule has 1 atom stereocenters. The zero-order chi connectivity index (χ0) is 14.5. The van der Waals surface area contributed by atoms with Crippen LogP contribution in [0.25, 0.3) is 0 Å². The third kappa shape index (κ3) is 5.22. The quantitative estimate of drug-likeness (QED) is 0.751. The molecular formula is C14H25NO3Si. The third-order valence-corrected chi connectivity index (χ3v) is 3.59. The fraction of sp³-hybridized carbons (Fsp3) is 0.571. The minimum absolute atomic E-state index is 0.0909. The molecule has 0 saturated heterocycles. The first-order valence-electron chi connectivity index (χ1n) is 6.56. The summed E-state index contributed by atoms with van der Waals surface area (Å²) in [6, 6.07) is 5.90. The van der Waals surface area contributed by atoms with Crippen molar-refractivity contribution in [2.45, 2.75) is 26.1 Å². The van der Waals surface area contributed by atoms with Crippen LogP contribution in [0.15, 0.2) is 18.2 Å². The second-order valence-corrected chi connectivity index (χ2v) is 10.1. The summed E-state index contributed by atoms with van der Waals surface area (Å²) in [7, 11) is -0.0379. The number of methoxy groups -OCH3 is 1. The summed E-state index contributed by atoms with van der Waals surface area (Å²) in [6.07, 6.45) is 0.749. The molecule has 3 N–H and O–H groups in total. The van der Waals surface area contributed by atoms with Gasteiger partial charge in [0.1, 0.15) is 5.75 Å². The van der Waals surface area contributed by atoms with E-state index in [1.165, 1.54) is 0 Å². The van der Waals surface area contributed by atoms with Gasteiger partial charge < -0.3 is 20.0 Å². The van der Waals surface area contributed by atoms with Crippen LogP contribution in [0.4, 0.5) is 0 Å². The molecular weight excluding hydrogens is 258 g/mol. The molecule has 0 bridgehead atoms. The van der Waals surface area contributed by atoms with Gasteiger partial charge in [-0.2, -0.15) is 0 Å². The monoisotopic (exact) mass is 283 g/mol. The van der Waals surface area contributed by atoms with E-state index in [0.717, 1.165) is 23.5 Å². The highest BCUT2D eigenvalue weighted by atomic mass is 28.4. The van der Waals surface area contributed by atoms with Gasteiger partial charge in [0.05, 0.1) is 7.11 Å². The topological polar surface area (TPSA) is 64.7 Å². The average molecular weight is 283 g/mol. The molecule has 0 amide bonds. The van der Waals surface area contributed by atoms with E-state index in [1.807, 2.05) is 18.2 Å². The minimum Gasteiger partial charge on any atom is -0.542 e. The number of ether oxygens (including phenoxy) is 1. The first-order chi connectivity index (χ1) is 8.89. The first kappa shape index (κ1) is 16.0. The molecule has 0 aromatic heterocycles. The van der Waals surface area contributed by atoms with Crippen molar-refractivity contribution in [3.63, 3.8) is 0 Å². The molecule has 0 aliphatic carbocycles. The lowest BCUT2D eigenvalue weighted by Crippen LogP contribution is -2.29. The summed E-state index contributed by atoms with van der Waals surface area (Å²) in [5, 5.41) is 9.21. The number of hydrogen-bond donors (Lipinski definition) is 2. The van der Waals surface area contributed by atoms with Gasteiger partial charge in [0, 0.05) is 6.61 Å². The molecule has 1 rings (SSSR count). The van der Waals surface area contributed by atoms with E-state index in [0.29, 0.717) is 6.54 Å². The van der Waals surface area contributed by atoms with Crippen LogP contribution in [0.2, 0.25) is 19.6 Å². The van der Waals surface area contributed by atoms with Gasteiger partial charge in [0.15, 0.2) is 5.75 Å².